The van der Waals surface area contributed by atoms with Crippen molar-refractivity contribution in [3.8, 4) is 0 Å². The third-order valence-electron chi connectivity index (χ3n) is 3.77. The first-order valence-corrected chi connectivity index (χ1v) is 7.76. The summed E-state index contributed by atoms with van der Waals surface area (Å²) in [5, 5.41) is 4.21. The highest BCUT2D eigenvalue weighted by Gasteiger charge is 2.31. The van der Waals surface area contributed by atoms with Crippen LogP contribution in [0.2, 0.25) is 5.02 Å². The van der Waals surface area contributed by atoms with Gasteiger partial charge in [0.05, 0.1) is 5.69 Å². The Hall–Kier alpha value is -1.06. The van der Waals surface area contributed by atoms with Crippen molar-refractivity contribution < 1.29 is 4.39 Å². The van der Waals surface area contributed by atoms with Gasteiger partial charge in [0.15, 0.2) is 0 Å². The van der Waals surface area contributed by atoms with Crippen LogP contribution < -0.4 is 5.32 Å². The SMILES string of the molecule is Fc1ccc(Br)c(NC2CC(c3ccccc3Cl)C2)c1. The van der Waals surface area contributed by atoms with Gasteiger partial charge in [0.1, 0.15) is 5.82 Å². The van der Waals surface area contributed by atoms with Crippen LogP contribution in [0.15, 0.2) is 46.9 Å². The van der Waals surface area contributed by atoms with E-state index in [1.165, 1.54) is 17.7 Å². The molecule has 0 saturated heterocycles. The fraction of sp³-hybridized carbons (Fsp3) is 0.250. The van der Waals surface area contributed by atoms with Gasteiger partial charge in [-0.3, -0.25) is 0 Å². The van der Waals surface area contributed by atoms with Gasteiger partial charge in [-0.15, -0.1) is 0 Å². The predicted octanol–water partition coefficient (Wildman–Crippen LogP) is 5.60. The minimum atomic E-state index is -0.224. The van der Waals surface area contributed by atoms with E-state index in [9.17, 15) is 4.39 Å². The topological polar surface area (TPSA) is 12.0 Å². The van der Waals surface area contributed by atoms with Gasteiger partial charge >= 0.3 is 0 Å². The Morgan fingerprint density at radius 2 is 1.90 bits per heavy atom. The number of anilines is 1. The zero-order chi connectivity index (χ0) is 14.1. The maximum Gasteiger partial charge on any atom is 0.125 e. The number of nitrogens with one attached hydrogen (secondary N) is 1. The number of rotatable bonds is 3. The summed E-state index contributed by atoms with van der Waals surface area (Å²) in [6, 6.07) is 13.0. The van der Waals surface area contributed by atoms with Gasteiger partial charge in [0, 0.05) is 15.5 Å². The van der Waals surface area contributed by atoms with Crippen molar-refractivity contribution in [2.75, 3.05) is 5.32 Å². The molecule has 0 aliphatic heterocycles. The third kappa shape index (κ3) is 2.84. The molecule has 0 amide bonds. The van der Waals surface area contributed by atoms with E-state index in [0.717, 1.165) is 28.0 Å². The average Bonchev–Trinajstić information content (AvgIpc) is 2.38. The van der Waals surface area contributed by atoms with E-state index < -0.39 is 0 Å². The highest BCUT2D eigenvalue weighted by atomic mass is 79.9. The fourth-order valence-corrected chi connectivity index (χ4v) is 3.27. The Morgan fingerprint density at radius 3 is 2.65 bits per heavy atom. The van der Waals surface area contributed by atoms with Gasteiger partial charge in [-0.25, -0.2) is 4.39 Å². The zero-order valence-electron chi connectivity index (χ0n) is 10.7. The molecule has 0 heterocycles. The van der Waals surface area contributed by atoms with E-state index in [2.05, 4.69) is 27.3 Å². The molecule has 4 heteroatoms. The first-order chi connectivity index (χ1) is 9.63. The van der Waals surface area contributed by atoms with Crippen molar-refractivity contribution in [3.63, 3.8) is 0 Å². The molecule has 20 heavy (non-hydrogen) atoms. The molecule has 0 bridgehead atoms. The first-order valence-electron chi connectivity index (χ1n) is 6.59. The highest BCUT2D eigenvalue weighted by Crippen LogP contribution is 2.41. The van der Waals surface area contributed by atoms with Crippen LogP contribution in [0.5, 0.6) is 0 Å². The van der Waals surface area contributed by atoms with Crippen molar-refractivity contribution in [3.05, 3.63) is 63.3 Å². The van der Waals surface area contributed by atoms with Gasteiger partial charge in [-0.1, -0.05) is 29.8 Å². The molecule has 0 radical (unpaired) electrons. The van der Waals surface area contributed by atoms with Gasteiger partial charge in [-0.2, -0.15) is 0 Å². The minimum absolute atomic E-state index is 0.224. The van der Waals surface area contributed by atoms with E-state index >= 15 is 0 Å². The summed E-state index contributed by atoms with van der Waals surface area (Å²) in [5.74, 6) is 0.270. The molecule has 3 rings (SSSR count). The minimum Gasteiger partial charge on any atom is -0.381 e. The zero-order valence-corrected chi connectivity index (χ0v) is 13.1. The molecule has 0 atom stereocenters. The van der Waals surface area contributed by atoms with E-state index in [4.69, 9.17) is 11.6 Å². The monoisotopic (exact) mass is 353 g/mol. The molecule has 1 nitrogen and oxygen atoms in total. The lowest BCUT2D eigenvalue weighted by Crippen LogP contribution is -2.34. The molecule has 2 aromatic carbocycles. The number of hydrogen-bond acceptors (Lipinski definition) is 1. The van der Waals surface area contributed by atoms with Crippen molar-refractivity contribution in [2.24, 2.45) is 0 Å². The molecule has 2 aromatic rings. The van der Waals surface area contributed by atoms with Gasteiger partial charge in [-0.05, 0) is 64.5 Å². The summed E-state index contributed by atoms with van der Waals surface area (Å²) in [6.45, 7) is 0. The molecule has 1 N–H and O–H groups in total. The first kappa shape index (κ1) is 13.9. The Morgan fingerprint density at radius 1 is 1.15 bits per heavy atom. The van der Waals surface area contributed by atoms with Gasteiger partial charge in [0.25, 0.3) is 0 Å². The molecule has 0 aromatic heterocycles. The van der Waals surface area contributed by atoms with E-state index in [1.807, 2.05) is 18.2 Å². The largest absolute Gasteiger partial charge is 0.381 e. The lowest BCUT2D eigenvalue weighted by atomic mass is 9.76. The van der Waals surface area contributed by atoms with Crippen molar-refractivity contribution in [1.82, 2.24) is 0 Å². The predicted molar refractivity (Wildman–Crippen MR) is 84.9 cm³/mol. The van der Waals surface area contributed by atoms with Crippen molar-refractivity contribution in [2.45, 2.75) is 24.8 Å². The lowest BCUT2D eigenvalue weighted by molar-refractivity contribution is 0.374. The van der Waals surface area contributed by atoms with Crippen LogP contribution in [0, 0.1) is 5.82 Å². The molecule has 0 unspecified atom stereocenters. The summed E-state index contributed by atoms with van der Waals surface area (Å²) in [6.07, 6.45) is 2.04. The van der Waals surface area contributed by atoms with E-state index in [0.29, 0.717) is 12.0 Å². The third-order valence-corrected chi connectivity index (χ3v) is 4.81. The number of benzene rings is 2. The summed E-state index contributed by atoms with van der Waals surface area (Å²) in [4.78, 5) is 0. The molecule has 1 aliphatic rings. The molecule has 104 valence electrons. The second-order valence-corrected chi connectivity index (χ2v) is 6.42. The van der Waals surface area contributed by atoms with Gasteiger partial charge in [0.2, 0.25) is 0 Å². The van der Waals surface area contributed by atoms with Gasteiger partial charge < -0.3 is 5.32 Å². The maximum atomic E-state index is 13.2. The van der Waals surface area contributed by atoms with Crippen LogP contribution in [-0.4, -0.2) is 6.04 Å². The molecule has 1 fully saturated rings. The summed E-state index contributed by atoms with van der Waals surface area (Å²) < 4.78 is 14.1. The van der Waals surface area contributed by atoms with Crippen LogP contribution in [0.4, 0.5) is 10.1 Å². The van der Waals surface area contributed by atoms with E-state index in [1.54, 1.807) is 6.07 Å². The van der Waals surface area contributed by atoms with E-state index in [-0.39, 0.29) is 5.82 Å². The highest BCUT2D eigenvalue weighted by molar-refractivity contribution is 9.10. The van der Waals surface area contributed by atoms with Crippen LogP contribution in [0.25, 0.3) is 0 Å². The Kier molecular flexibility index (Phi) is 3.99. The maximum absolute atomic E-state index is 13.2. The van der Waals surface area contributed by atoms with Crippen LogP contribution >= 0.6 is 27.5 Å². The van der Waals surface area contributed by atoms with Crippen LogP contribution in [0.1, 0.15) is 24.3 Å². The quantitative estimate of drug-likeness (QED) is 0.756. The standard InChI is InChI=1S/C16H14BrClFN/c17-14-6-5-11(19)9-16(14)20-12-7-10(8-12)13-3-1-2-4-15(13)18/h1-6,9-10,12,20H,7-8H2. The second-order valence-electron chi connectivity index (χ2n) is 5.16. The summed E-state index contributed by atoms with van der Waals surface area (Å²) >= 11 is 9.64. The molecule has 1 saturated carbocycles. The molecular formula is C16H14BrClFN. The van der Waals surface area contributed by atoms with Crippen molar-refractivity contribution >= 4 is 33.2 Å². The van der Waals surface area contributed by atoms with Crippen molar-refractivity contribution in [1.29, 1.82) is 0 Å². The number of hydrogen-bond donors (Lipinski definition) is 1. The Bertz CT molecular complexity index is 626. The Labute approximate surface area is 131 Å². The fourth-order valence-electron chi connectivity index (χ4n) is 2.62. The summed E-state index contributed by atoms with van der Waals surface area (Å²) in [7, 11) is 0. The smallest absolute Gasteiger partial charge is 0.125 e. The summed E-state index contributed by atoms with van der Waals surface area (Å²) in [5.41, 5.74) is 2.03. The van der Waals surface area contributed by atoms with Crippen LogP contribution in [0.3, 0.4) is 0 Å². The molecule has 0 spiro atoms. The molecule has 1 aliphatic carbocycles. The second kappa shape index (κ2) is 5.74. The average molecular weight is 355 g/mol. The lowest BCUT2D eigenvalue weighted by Gasteiger charge is -2.37. The normalized spacial score (nSPS) is 21.4. The van der Waals surface area contributed by atoms with Crippen LogP contribution in [-0.2, 0) is 0 Å². The number of halogens is 3. The molecular weight excluding hydrogens is 341 g/mol. The Balaban J connectivity index is 1.64.